The number of nitrogens with zero attached hydrogens (tertiary/aromatic N) is 2. The minimum atomic E-state index is -0.290. The van der Waals surface area contributed by atoms with Gasteiger partial charge in [0.05, 0.1) is 7.11 Å². The van der Waals surface area contributed by atoms with Crippen LogP contribution >= 0.6 is 0 Å². The van der Waals surface area contributed by atoms with Gasteiger partial charge < -0.3 is 19.8 Å². The van der Waals surface area contributed by atoms with Crippen LogP contribution in [-0.4, -0.2) is 16.7 Å². The Morgan fingerprint density at radius 3 is 2.70 bits per heavy atom. The van der Waals surface area contributed by atoms with Crippen molar-refractivity contribution in [1.29, 1.82) is 0 Å². The van der Waals surface area contributed by atoms with Crippen LogP contribution in [0.15, 0.2) is 35.4 Å². The van der Waals surface area contributed by atoms with Crippen molar-refractivity contribution in [3.05, 3.63) is 40.9 Å². The van der Waals surface area contributed by atoms with Crippen LogP contribution in [0.3, 0.4) is 0 Å². The molecule has 0 amide bonds. The van der Waals surface area contributed by atoms with Crippen molar-refractivity contribution in [2.75, 3.05) is 12.8 Å². The topological polar surface area (TPSA) is 79.4 Å². The zero-order valence-corrected chi connectivity index (χ0v) is 11.7. The predicted octanol–water partition coefficient (Wildman–Crippen LogP) is 2.21. The van der Waals surface area contributed by atoms with Crippen LogP contribution in [-0.2, 0) is 0 Å². The van der Waals surface area contributed by atoms with Gasteiger partial charge in [0, 0.05) is 30.2 Å². The smallest absolute Gasteiger partial charge is 0.313 e. The summed E-state index contributed by atoms with van der Waals surface area (Å²) in [6.07, 6.45) is 3.15. The molecule has 1 aromatic heterocycles. The van der Waals surface area contributed by atoms with Crippen LogP contribution in [0.5, 0.6) is 17.4 Å². The lowest BCUT2D eigenvalue weighted by Crippen LogP contribution is -2.23. The van der Waals surface area contributed by atoms with Crippen LogP contribution in [0.1, 0.15) is 19.9 Å². The Balaban J connectivity index is 2.40. The third-order valence-corrected chi connectivity index (χ3v) is 2.79. The third-order valence-electron chi connectivity index (χ3n) is 2.79. The van der Waals surface area contributed by atoms with E-state index in [1.165, 1.54) is 13.3 Å². The average molecular weight is 275 g/mol. The molecule has 2 aromatic rings. The summed E-state index contributed by atoms with van der Waals surface area (Å²) in [5.74, 6) is 0.850. The maximum absolute atomic E-state index is 12.2. The Morgan fingerprint density at radius 1 is 1.30 bits per heavy atom. The maximum atomic E-state index is 12.2. The summed E-state index contributed by atoms with van der Waals surface area (Å²) in [6, 6.07) is 4.96. The van der Waals surface area contributed by atoms with Crippen LogP contribution in [0.2, 0.25) is 0 Å². The van der Waals surface area contributed by atoms with Crippen LogP contribution in [0.4, 0.5) is 5.69 Å². The monoisotopic (exact) mass is 275 g/mol. The van der Waals surface area contributed by atoms with Gasteiger partial charge in [0.1, 0.15) is 0 Å². The number of nitrogen functional groups attached to an aromatic ring is 1. The van der Waals surface area contributed by atoms with E-state index in [-0.39, 0.29) is 17.5 Å². The SMILES string of the molecule is COc1cc(N)ccc1Oc1nccn(C(C)C)c1=O. The molecule has 1 aromatic carbocycles. The second kappa shape index (κ2) is 5.64. The minimum absolute atomic E-state index is 0.00396. The van der Waals surface area contributed by atoms with Crippen molar-refractivity contribution in [3.63, 3.8) is 0 Å². The van der Waals surface area contributed by atoms with E-state index in [4.69, 9.17) is 15.2 Å². The minimum Gasteiger partial charge on any atom is -0.493 e. The molecule has 6 heteroatoms. The number of nitrogens with two attached hydrogens (primary N) is 1. The van der Waals surface area contributed by atoms with Gasteiger partial charge in [-0.15, -0.1) is 0 Å². The number of methoxy groups -OCH3 is 1. The van der Waals surface area contributed by atoms with Crippen molar-refractivity contribution in [2.45, 2.75) is 19.9 Å². The van der Waals surface area contributed by atoms with Gasteiger partial charge in [-0.2, -0.15) is 0 Å². The zero-order chi connectivity index (χ0) is 14.7. The molecule has 2 N–H and O–H groups in total. The summed E-state index contributed by atoms with van der Waals surface area (Å²) in [5, 5.41) is 0. The Labute approximate surface area is 116 Å². The van der Waals surface area contributed by atoms with E-state index < -0.39 is 0 Å². The third kappa shape index (κ3) is 2.74. The van der Waals surface area contributed by atoms with E-state index in [1.54, 1.807) is 29.0 Å². The highest BCUT2D eigenvalue weighted by atomic mass is 16.5. The Bertz CT molecular complexity index is 665. The number of benzene rings is 1. The first kappa shape index (κ1) is 13.9. The molecule has 106 valence electrons. The predicted molar refractivity (Wildman–Crippen MR) is 76.4 cm³/mol. The molecule has 0 spiro atoms. The lowest BCUT2D eigenvalue weighted by molar-refractivity contribution is 0.369. The first-order valence-electron chi connectivity index (χ1n) is 6.21. The Hall–Kier alpha value is -2.50. The van der Waals surface area contributed by atoms with Gasteiger partial charge in [0.15, 0.2) is 11.5 Å². The van der Waals surface area contributed by atoms with E-state index >= 15 is 0 Å². The normalized spacial score (nSPS) is 10.6. The molecule has 0 saturated heterocycles. The molecule has 0 saturated carbocycles. The molecule has 20 heavy (non-hydrogen) atoms. The number of rotatable bonds is 4. The molecule has 6 nitrogen and oxygen atoms in total. The molecular formula is C14H17N3O3. The summed E-state index contributed by atoms with van der Waals surface area (Å²) in [6.45, 7) is 3.82. The molecule has 0 atom stereocenters. The Morgan fingerprint density at radius 2 is 2.05 bits per heavy atom. The fourth-order valence-electron chi connectivity index (χ4n) is 1.76. The standard InChI is InChI=1S/C14H17N3O3/c1-9(2)17-7-6-16-13(14(17)18)20-11-5-4-10(15)8-12(11)19-3/h4-9H,15H2,1-3H3. The van der Waals surface area contributed by atoms with Crippen molar-refractivity contribution in [2.24, 2.45) is 0 Å². The van der Waals surface area contributed by atoms with E-state index in [2.05, 4.69) is 4.98 Å². The van der Waals surface area contributed by atoms with Crippen molar-refractivity contribution in [3.8, 4) is 17.4 Å². The highest BCUT2D eigenvalue weighted by molar-refractivity contribution is 5.52. The molecule has 0 bridgehead atoms. The number of ether oxygens (including phenoxy) is 2. The largest absolute Gasteiger partial charge is 0.493 e. The molecule has 0 radical (unpaired) electrons. The number of anilines is 1. The number of hydrogen-bond acceptors (Lipinski definition) is 5. The van der Waals surface area contributed by atoms with Crippen molar-refractivity contribution in [1.82, 2.24) is 9.55 Å². The second-order valence-electron chi connectivity index (χ2n) is 4.55. The molecule has 0 aliphatic heterocycles. The first-order chi connectivity index (χ1) is 9.52. The average Bonchev–Trinajstić information content (AvgIpc) is 2.42. The number of hydrogen-bond donors (Lipinski definition) is 1. The van der Waals surface area contributed by atoms with Crippen LogP contribution in [0, 0.1) is 0 Å². The van der Waals surface area contributed by atoms with E-state index in [9.17, 15) is 4.79 Å². The Kier molecular flexibility index (Phi) is 3.93. The summed E-state index contributed by atoms with van der Waals surface area (Å²) in [4.78, 5) is 16.2. The molecule has 0 fully saturated rings. The van der Waals surface area contributed by atoms with Crippen molar-refractivity contribution >= 4 is 5.69 Å². The van der Waals surface area contributed by atoms with Crippen LogP contribution < -0.4 is 20.8 Å². The lowest BCUT2D eigenvalue weighted by atomic mass is 10.3. The fraction of sp³-hybridized carbons (Fsp3) is 0.286. The first-order valence-corrected chi connectivity index (χ1v) is 6.21. The summed E-state index contributed by atoms with van der Waals surface area (Å²) in [5.41, 5.74) is 5.93. The highest BCUT2D eigenvalue weighted by Gasteiger charge is 2.12. The highest BCUT2D eigenvalue weighted by Crippen LogP contribution is 2.31. The zero-order valence-electron chi connectivity index (χ0n) is 11.7. The van der Waals surface area contributed by atoms with Gasteiger partial charge >= 0.3 is 5.56 Å². The van der Waals surface area contributed by atoms with Crippen molar-refractivity contribution < 1.29 is 9.47 Å². The van der Waals surface area contributed by atoms with Gasteiger partial charge in [0.25, 0.3) is 5.88 Å². The quantitative estimate of drug-likeness (QED) is 0.865. The molecule has 2 rings (SSSR count). The van der Waals surface area contributed by atoms with Gasteiger partial charge in [-0.3, -0.25) is 4.79 Å². The van der Waals surface area contributed by atoms with E-state index in [0.717, 1.165) is 0 Å². The van der Waals surface area contributed by atoms with Gasteiger partial charge in [-0.25, -0.2) is 4.98 Å². The lowest BCUT2D eigenvalue weighted by Gasteiger charge is -2.12. The number of aromatic nitrogens is 2. The molecule has 0 aliphatic carbocycles. The fourth-order valence-corrected chi connectivity index (χ4v) is 1.76. The van der Waals surface area contributed by atoms with Gasteiger partial charge in [-0.1, -0.05) is 0 Å². The summed E-state index contributed by atoms with van der Waals surface area (Å²) in [7, 11) is 1.51. The van der Waals surface area contributed by atoms with E-state index in [1.807, 2.05) is 13.8 Å². The van der Waals surface area contributed by atoms with Gasteiger partial charge in [0.2, 0.25) is 0 Å². The molecule has 0 unspecified atom stereocenters. The maximum Gasteiger partial charge on any atom is 0.313 e. The molecular weight excluding hydrogens is 258 g/mol. The second-order valence-corrected chi connectivity index (χ2v) is 4.55. The van der Waals surface area contributed by atoms with E-state index in [0.29, 0.717) is 17.2 Å². The van der Waals surface area contributed by atoms with Gasteiger partial charge in [-0.05, 0) is 26.0 Å². The summed E-state index contributed by atoms with van der Waals surface area (Å²) >= 11 is 0. The summed E-state index contributed by atoms with van der Waals surface area (Å²) < 4.78 is 12.3. The molecule has 0 aliphatic rings. The molecule has 1 heterocycles. The van der Waals surface area contributed by atoms with Crippen LogP contribution in [0.25, 0.3) is 0 Å².